The van der Waals surface area contributed by atoms with Crippen molar-refractivity contribution in [3.63, 3.8) is 0 Å². The van der Waals surface area contributed by atoms with E-state index in [-0.39, 0.29) is 0 Å². The van der Waals surface area contributed by atoms with Gasteiger partial charge in [-0.25, -0.2) is 0 Å². The second kappa shape index (κ2) is 6.49. The summed E-state index contributed by atoms with van der Waals surface area (Å²) in [6, 6.07) is 6.43. The van der Waals surface area contributed by atoms with E-state index in [4.69, 9.17) is 4.74 Å². The number of benzene rings is 1. The quantitative estimate of drug-likeness (QED) is 0.684. The highest BCUT2D eigenvalue weighted by molar-refractivity contribution is 5.40. The van der Waals surface area contributed by atoms with E-state index in [9.17, 15) is 0 Å². The zero-order valence-electron chi connectivity index (χ0n) is 10.2. The fourth-order valence-corrected chi connectivity index (χ4v) is 1.94. The maximum atomic E-state index is 5.68. The Labute approximate surface area is 93.5 Å². The fraction of sp³-hybridized carbons (Fsp3) is 0.571. The minimum absolute atomic E-state index is 0.756. The second-order valence-electron chi connectivity index (χ2n) is 3.83. The molecule has 0 saturated carbocycles. The molecule has 1 aromatic rings. The van der Waals surface area contributed by atoms with Crippen molar-refractivity contribution in [3.05, 3.63) is 29.3 Å². The lowest BCUT2D eigenvalue weighted by Crippen LogP contribution is -2.00. The molecule has 0 bridgehead atoms. The lowest BCUT2D eigenvalue weighted by Gasteiger charge is -2.13. The molecule has 0 spiro atoms. The van der Waals surface area contributed by atoms with Crippen LogP contribution in [0.5, 0.6) is 5.75 Å². The molecule has 0 fully saturated rings. The molecule has 0 aliphatic heterocycles. The molecule has 1 heteroatoms. The van der Waals surface area contributed by atoms with Crippen LogP contribution in [0.2, 0.25) is 0 Å². The SMILES string of the molecule is CCCc1cccc(OCC)c1CCC. The van der Waals surface area contributed by atoms with Crippen LogP contribution in [0.1, 0.15) is 44.7 Å². The topological polar surface area (TPSA) is 9.23 Å². The molecule has 0 amide bonds. The maximum absolute atomic E-state index is 5.68. The fourth-order valence-electron chi connectivity index (χ4n) is 1.94. The molecule has 0 aromatic heterocycles. The summed E-state index contributed by atoms with van der Waals surface area (Å²) in [5, 5.41) is 0. The van der Waals surface area contributed by atoms with Crippen molar-refractivity contribution in [2.75, 3.05) is 6.61 Å². The van der Waals surface area contributed by atoms with E-state index in [0.29, 0.717) is 0 Å². The molecule has 0 radical (unpaired) electrons. The molecule has 1 aromatic carbocycles. The Balaban J connectivity index is 2.97. The summed E-state index contributed by atoms with van der Waals surface area (Å²) >= 11 is 0. The maximum Gasteiger partial charge on any atom is 0.122 e. The third-order valence-corrected chi connectivity index (χ3v) is 2.55. The average Bonchev–Trinajstić information content (AvgIpc) is 2.23. The molecule has 15 heavy (non-hydrogen) atoms. The summed E-state index contributed by atoms with van der Waals surface area (Å²) in [5.74, 6) is 1.09. The lowest BCUT2D eigenvalue weighted by molar-refractivity contribution is 0.336. The van der Waals surface area contributed by atoms with Crippen LogP contribution < -0.4 is 4.74 Å². The number of aryl methyl sites for hydroxylation is 1. The molecular weight excluding hydrogens is 184 g/mol. The zero-order valence-corrected chi connectivity index (χ0v) is 10.2. The Hall–Kier alpha value is -0.980. The first-order valence-electron chi connectivity index (χ1n) is 6.07. The number of ether oxygens (including phenoxy) is 1. The molecule has 0 N–H and O–H groups in total. The normalized spacial score (nSPS) is 10.3. The highest BCUT2D eigenvalue weighted by Gasteiger charge is 2.07. The van der Waals surface area contributed by atoms with Gasteiger partial charge in [0.1, 0.15) is 5.75 Å². The van der Waals surface area contributed by atoms with Crippen molar-refractivity contribution >= 4 is 0 Å². The first kappa shape index (κ1) is 12.1. The van der Waals surface area contributed by atoms with Gasteiger partial charge in [-0.2, -0.15) is 0 Å². The van der Waals surface area contributed by atoms with Crippen LogP contribution in [0.15, 0.2) is 18.2 Å². The van der Waals surface area contributed by atoms with Crippen LogP contribution in [-0.4, -0.2) is 6.61 Å². The van der Waals surface area contributed by atoms with E-state index in [2.05, 4.69) is 32.0 Å². The Bertz CT molecular complexity index is 267. The van der Waals surface area contributed by atoms with Gasteiger partial charge in [-0.3, -0.25) is 0 Å². The van der Waals surface area contributed by atoms with Crippen molar-refractivity contribution in [2.45, 2.75) is 46.5 Å². The number of hydrogen-bond donors (Lipinski definition) is 0. The van der Waals surface area contributed by atoms with Gasteiger partial charge in [0, 0.05) is 0 Å². The predicted molar refractivity (Wildman–Crippen MR) is 65.6 cm³/mol. The predicted octanol–water partition coefficient (Wildman–Crippen LogP) is 3.99. The summed E-state index contributed by atoms with van der Waals surface area (Å²) in [6.45, 7) is 7.25. The van der Waals surface area contributed by atoms with Gasteiger partial charge < -0.3 is 4.74 Å². The van der Waals surface area contributed by atoms with E-state index < -0.39 is 0 Å². The van der Waals surface area contributed by atoms with Gasteiger partial charge in [-0.05, 0) is 37.0 Å². The van der Waals surface area contributed by atoms with Gasteiger partial charge in [-0.1, -0.05) is 38.8 Å². The van der Waals surface area contributed by atoms with E-state index in [1.165, 1.54) is 24.0 Å². The number of rotatable bonds is 6. The second-order valence-corrected chi connectivity index (χ2v) is 3.83. The summed E-state index contributed by atoms with van der Waals surface area (Å²) < 4.78 is 5.68. The monoisotopic (exact) mass is 206 g/mol. The number of hydrogen-bond acceptors (Lipinski definition) is 1. The summed E-state index contributed by atoms with van der Waals surface area (Å²) in [4.78, 5) is 0. The van der Waals surface area contributed by atoms with Crippen molar-refractivity contribution in [3.8, 4) is 5.75 Å². The minimum Gasteiger partial charge on any atom is -0.494 e. The Morgan fingerprint density at radius 3 is 2.33 bits per heavy atom. The third kappa shape index (κ3) is 3.26. The average molecular weight is 206 g/mol. The molecule has 84 valence electrons. The van der Waals surface area contributed by atoms with Crippen molar-refractivity contribution < 1.29 is 4.74 Å². The smallest absolute Gasteiger partial charge is 0.122 e. The van der Waals surface area contributed by atoms with E-state index >= 15 is 0 Å². The Kier molecular flexibility index (Phi) is 5.23. The van der Waals surface area contributed by atoms with Gasteiger partial charge in [-0.15, -0.1) is 0 Å². The molecule has 0 saturated heterocycles. The standard InChI is InChI=1S/C14H22O/c1-4-8-12-10-7-11-14(15-6-3)13(12)9-5-2/h7,10-11H,4-6,8-9H2,1-3H3. The lowest BCUT2D eigenvalue weighted by atomic mass is 9.98. The van der Waals surface area contributed by atoms with Gasteiger partial charge in [0.25, 0.3) is 0 Å². The largest absolute Gasteiger partial charge is 0.494 e. The summed E-state index contributed by atoms with van der Waals surface area (Å²) in [7, 11) is 0. The third-order valence-electron chi connectivity index (χ3n) is 2.55. The molecule has 0 unspecified atom stereocenters. The molecule has 0 heterocycles. The summed E-state index contributed by atoms with van der Waals surface area (Å²) in [6.07, 6.45) is 4.68. The van der Waals surface area contributed by atoms with Crippen molar-refractivity contribution in [2.24, 2.45) is 0 Å². The highest BCUT2D eigenvalue weighted by Crippen LogP contribution is 2.25. The zero-order chi connectivity index (χ0) is 11.1. The highest BCUT2D eigenvalue weighted by atomic mass is 16.5. The van der Waals surface area contributed by atoms with E-state index in [1.807, 2.05) is 6.92 Å². The Morgan fingerprint density at radius 2 is 1.73 bits per heavy atom. The van der Waals surface area contributed by atoms with Gasteiger partial charge in [0.2, 0.25) is 0 Å². The van der Waals surface area contributed by atoms with Crippen LogP contribution in [0.4, 0.5) is 0 Å². The Morgan fingerprint density at radius 1 is 1.00 bits per heavy atom. The van der Waals surface area contributed by atoms with Crippen LogP contribution in [-0.2, 0) is 12.8 Å². The van der Waals surface area contributed by atoms with E-state index in [0.717, 1.165) is 25.2 Å². The molecule has 1 nitrogen and oxygen atoms in total. The van der Waals surface area contributed by atoms with Crippen molar-refractivity contribution in [1.82, 2.24) is 0 Å². The van der Waals surface area contributed by atoms with Crippen LogP contribution in [0.3, 0.4) is 0 Å². The first-order chi connectivity index (χ1) is 7.33. The molecule has 0 aliphatic carbocycles. The van der Waals surface area contributed by atoms with E-state index in [1.54, 1.807) is 0 Å². The molecule has 1 rings (SSSR count). The van der Waals surface area contributed by atoms with Gasteiger partial charge >= 0.3 is 0 Å². The van der Waals surface area contributed by atoms with Crippen LogP contribution in [0.25, 0.3) is 0 Å². The van der Waals surface area contributed by atoms with Crippen molar-refractivity contribution in [1.29, 1.82) is 0 Å². The van der Waals surface area contributed by atoms with Crippen LogP contribution in [0, 0.1) is 0 Å². The summed E-state index contributed by atoms with van der Waals surface area (Å²) in [5.41, 5.74) is 2.88. The molecule has 0 aliphatic rings. The minimum atomic E-state index is 0.756. The molecular formula is C14H22O. The van der Waals surface area contributed by atoms with Gasteiger partial charge in [0.15, 0.2) is 0 Å². The van der Waals surface area contributed by atoms with Crippen LogP contribution >= 0.6 is 0 Å². The first-order valence-corrected chi connectivity index (χ1v) is 6.07. The molecule has 0 atom stereocenters. The van der Waals surface area contributed by atoms with Gasteiger partial charge in [0.05, 0.1) is 6.61 Å².